The molecule has 0 saturated heterocycles. The van der Waals surface area contributed by atoms with Gasteiger partial charge >= 0.3 is 11.0 Å². The van der Waals surface area contributed by atoms with Crippen molar-refractivity contribution in [1.82, 2.24) is 14.5 Å². The predicted molar refractivity (Wildman–Crippen MR) is 104 cm³/mol. The molecule has 0 saturated carbocycles. The number of ether oxygens (including phenoxy) is 1. The average molecular weight is 411 g/mol. The molecule has 8 nitrogen and oxygen atoms in total. The Morgan fingerprint density at radius 3 is 2.74 bits per heavy atom. The van der Waals surface area contributed by atoms with Crippen LogP contribution in [0.2, 0.25) is 0 Å². The molecule has 0 fully saturated rings. The first-order chi connectivity index (χ1) is 12.6. The molecule has 0 radical (unpaired) electrons. The van der Waals surface area contributed by atoms with Gasteiger partial charge in [0, 0.05) is 28.9 Å². The largest absolute Gasteiger partial charge is 0.444 e. The van der Waals surface area contributed by atoms with Gasteiger partial charge in [0.05, 0.1) is 12.2 Å². The molecule has 0 unspecified atom stereocenters. The summed E-state index contributed by atoms with van der Waals surface area (Å²) in [6.07, 6.45) is 0.267. The third kappa shape index (κ3) is 4.75. The number of hydrogen-bond acceptors (Lipinski definition) is 7. The van der Waals surface area contributed by atoms with Crippen molar-refractivity contribution < 1.29 is 14.3 Å². The maximum Gasteiger partial charge on any atom is 0.410 e. The molecule has 3 rings (SSSR count). The van der Waals surface area contributed by atoms with Crippen molar-refractivity contribution in [2.24, 2.45) is 0 Å². The highest BCUT2D eigenvalue weighted by molar-refractivity contribution is 7.15. The van der Waals surface area contributed by atoms with Crippen LogP contribution in [-0.4, -0.2) is 38.6 Å². The van der Waals surface area contributed by atoms with Crippen molar-refractivity contribution >= 4 is 39.8 Å². The standard InChI is InChI=1S/C17H22N4O4S2/c1-10-9-26-16(24)21(10)8-13(22)19-14-18-11-5-6-20(7-12(11)27-14)15(23)25-17(2,3)4/h9H,5-8H2,1-4H3,(H,18,19,22). The summed E-state index contributed by atoms with van der Waals surface area (Å²) in [5.41, 5.74) is 1.10. The maximum absolute atomic E-state index is 12.2. The average Bonchev–Trinajstić information content (AvgIpc) is 3.09. The van der Waals surface area contributed by atoms with Crippen LogP contribution in [0.4, 0.5) is 9.93 Å². The Labute approximate surface area is 164 Å². The molecule has 2 amide bonds. The number of fused-ring (bicyclic) bond motifs is 1. The van der Waals surface area contributed by atoms with E-state index in [0.717, 1.165) is 27.6 Å². The Hall–Kier alpha value is -2.20. The summed E-state index contributed by atoms with van der Waals surface area (Å²) in [6.45, 7) is 8.20. The second kappa shape index (κ2) is 7.43. The van der Waals surface area contributed by atoms with Gasteiger partial charge in [-0.25, -0.2) is 9.78 Å². The fourth-order valence-corrected chi connectivity index (χ4v) is 4.40. The highest BCUT2D eigenvalue weighted by atomic mass is 32.1. The minimum absolute atomic E-state index is 0.0392. The molecule has 3 heterocycles. The smallest absolute Gasteiger partial charge is 0.410 e. The molecular formula is C17H22N4O4S2. The van der Waals surface area contributed by atoms with E-state index in [1.54, 1.807) is 17.2 Å². The van der Waals surface area contributed by atoms with E-state index >= 15 is 0 Å². The van der Waals surface area contributed by atoms with Crippen LogP contribution in [0.3, 0.4) is 0 Å². The monoisotopic (exact) mass is 410 g/mol. The van der Waals surface area contributed by atoms with Crippen molar-refractivity contribution in [2.45, 2.75) is 52.8 Å². The van der Waals surface area contributed by atoms with E-state index in [2.05, 4.69) is 10.3 Å². The van der Waals surface area contributed by atoms with Crippen molar-refractivity contribution in [3.63, 3.8) is 0 Å². The summed E-state index contributed by atoms with van der Waals surface area (Å²) in [5.74, 6) is -0.298. The molecule has 1 N–H and O–H groups in total. The van der Waals surface area contributed by atoms with E-state index in [-0.39, 0.29) is 23.4 Å². The zero-order chi connectivity index (χ0) is 19.8. The second-order valence-corrected chi connectivity index (χ2v) is 9.22. The highest BCUT2D eigenvalue weighted by Gasteiger charge is 2.28. The van der Waals surface area contributed by atoms with Gasteiger partial charge in [0.25, 0.3) is 0 Å². The van der Waals surface area contributed by atoms with Crippen LogP contribution >= 0.6 is 22.7 Å². The molecule has 2 aromatic heterocycles. The lowest BCUT2D eigenvalue weighted by molar-refractivity contribution is -0.116. The lowest BCUT2D eigenvalue weighted by atomic mass is 10.2. The van der Waals surface area contributed by atoms with Gasteiger partial charge in [-0.2, -0.15) is 0 Å². The fraction of sp³-hybridized carbons (Fsp3) is 0.529. The number of aryl methyl sites for hydroxylation is 1. The Bertz CT molecular complexity index is 922. The van der Waals surface area contributed by atoms with Gasteiger partial charge in [-0.1, -0.05) is 22.7 Å². The summed E-state index contributed by atoms with van der Waals surface area (Å²) in [6, 6.07) is 0. The number of nitrogens with one attached hydrogen (secondary N) is 1. The number of thiazole rings is 2. The molecule has 10 heteroatoms. The van der Waals surface area contributed by atoms with E-state index in [9.17, 15) is 14.4 Å². The van der Waals surface area contributed by atoms with Crippen molar-refractivity contribution in [2.75, 3.05) is 11.9 Å². The minimum atomic E-state index is -0.540. The van der Waals surface area contributed by atoms with E-state index in [0.29, 0.717) is 24.6 Å². The highest BCUT2D eigenvalue weighted by Crippen LogP contribution is 2.29. The molecule has 0 aromatic carbocycles. The van der Waals surface area contributed by atoms with Gasteiger partial charge in [-0.15, -0.1) is 0 Å². The number of amides is 2. The Morgan fingerprint density at radius 1 is 1.37 bits per heavy atom. The van der Waals surface area contributed by atoms with Gasteiger partial charge < -0.3 is 15.0 Å². The van der Waals surface area contributed by atoms with Gasteiger partial charge in [-0.05, 0) is 27.7 Å². The molecule has 1 aliphatic heterocycles. The van der Waals surface area contributed by atoms with Crippen LogP contribution in [0.15, 0.2) is 10.2 Å². The molecule has 0 atom stereocenters. The normalized spacial score (nSPS) is 14.0. The minimum Gasteiger partial charge on any atom is -0.444 e. The molecular weight excluding hydrogens is 388 g/mol. The molecule has 1 aliphatic rings. The van der Waals surface area contributed by atoms with E-state index in [1.807, 2.05) is 20.8 Å². The third-order valence-electron chi connectivity index (χ3n) is 3.91. The molecule has 27 heavy (non-hydrogen) atoms. The molecule has 0 spiro atoms. The molecule has 146 valence electrons. The van der Waals surface area contributed by atoms with Gasteiger partial charge in [0.1, 0.15) is 12.1 Å². The molecule has 0 aliphatic carbocycles. The lowest BCUT2D eigenvalue weighted by Gasteiger charge is -2.29. The number of aromatic nitrogens is 2. The topological polar surface area (TPSA) is 93.5 Å². The van der Waals surface area contributed by atoms with Crippen molar-refractivity contribution in [3.8, 4) is 0 Å². The zero-order valence-electron chi connectivity index (χ0n) is 15.7. The maximum atomic E-state index is 12.2. The van der Waals surface area contributed by atoms with E-state index < -0.39 is 5.60 Å². The number of anilines is 1. The fourth-order valence-electron chi connectivity index (χ4n) is 2.63. The SMILES string of the molecule is Cc1csc(=O)n1CC(=O)Nc1nc2c(s1)CN(C(=O)OC(C)(C)C)CC2. The van der Waals surface area contributed by atoms with Crippen LogP contribution < -0.4 is 10.2 Å². The van der Waals surface area contributed by atoms with Crippen LogP contribution in [0.25, 0.3) is 0 Å². The second-order valence-electron chi connectivity index (χ2n) is 7.32. The van der Waals surface area contributed by atoms with E-state index in [4.69, 9.17) is 4.74 Å². The first kappa shape index (κ1) is 19.6. The van der Waals surface area contributed by atoms with Crippen LogP contribution in [-0.2, 0) is 29.0 Å². The molecule has 2 aromatic rings. The van der Waals surface area contributed by atoms with Gasteiger partial charge in [0.2, 0.25) is 5.91 Å². The summed E-state index contributed by atoms with van der Waals surface area (Å²) >= 11 is 2.42. The van der Waals surface area contributed by atoms with Gasteiger partial charge in [0.15, 0.2) is 5.13 Å². The Balaban J connectivity index is 1.64. The number of carbonyl (C=O) groups is 2. The van der Waals surface area contributed by atoms with Crippen LogP contribution in [0.1, 0.15) is 37.0 Å². The number of carbonyl (C=O) groups excluding carboxylic acids is 2. The third-order valence-corrected chi connectivity index (χ3v) is 5.79. The summed E-state index contributed by atoms with van der Waals surface area (Å²) in [4.78, 5) is 43.1. The Morgan fingerprint density at radius 2 is 2.11 bits per heavy atom. The first-order valence-electron chi connectivity index (χ1n) is 8.53. The van der Waals surface area contributed by atoms with Crippen LogP contribution in [0, 0.1) is 6.92 Å². The summed E-state index contributed by atoms with van der Waals surface area (Å²) in [7, 11) is 0. The van der Waals surface area contributed by atoms with Crippen molar-refractivity contribution in [3.05, 3.63) is 31.3 Å². The number of rotatable bonds is 3. The lowest BCUT2D eigenvalue weighted by Crippen LogP contribution is -2.39. The molecule has 0 bridgehead atoms. The number of hydrogen-bond donors (Lipinski definition) is 1. The summed E-state index contributed by atoms with van der Waals surface area (Å²) in [5, 5.41) is 4.96. The van der Waals surface area contributed by atoms with Crippen LogP contribution in [0.5, 0.6) is 0 Å². The number of nitrogens with zero attached hydrogens (tertiary/aromatic N) is 3. The van der Waals surface area contributed by atoms with Gasteiger partial charge in [-0.3, -0.25) is 14.2 Å². The quantitative estimate of drug-likeness (QED) is 0.839. The predicted octanol–water partition coefficient (Wildman–Crippen LogP) is 2.61. The zero-order valence-corrected chi connectivity index (χ0v) is 17.3. The van der Waals surface area contributed by atoms with Crippen molar-refractivity contribution in [1.29, 1.82) is 0 Å². The first-order valence-corrected chi connectivity index (χ1v) is 10.2. The van der Waals surface area contributed by atoms with E-state index in [1.165, 1.54) is 15.9 Å². The summed E-state index contributed by atoms with van der Waals surface area (Å²) < 4.78 is 6.84. The Kier molecular flexibility index (Phi) is 5.38.